The molecule has 3 heteroatoms. The Morgan fingerprint density at radius 1 is 1.25 bits per heavy atom. The number of benzene rings is 1. The van der Waals surface area contributed by atoms with Crippen LogP contribution in [-0.4, -0.2) is 49.6 Å². The lowest BCUT2D eigenvalue weighted by Gasteiger charge is -2.35. The van der Waals surface area contributed by atoms with Crippen LogP contribution in [0.2, 0.25) is 0 Å². The standard InChI is InChI=1S/C17H30N2S/c1-15(2)18-13-17(3,14-19(4)11-12-20-5)16-9-7-6-8-10-16/h6-10,15,18H,11-14H2,1-5H3. The second-order valence-electron chi connectivity index (χ2n) is 6.19. The molecular weight excluding hydrogens is 264 g/mol. The van der Waals surface area contributed by atoms with E-state index in [1.54, 1.807) is 0 Å². The van der Waals surface area contributed by atoms with Crippen LogP contribution in [0.25, 0.3) is 0 Å². The van der Waals surface area contributed by atoms with Gasteiger partial charge in [-0.05, 0) is 18.9 Å². The van der Waals surface area contributed by atoms with E-state index in [-0.39, 0.29) is 5.41 Å². The Kier molecular flexibility index (Phi) is 7.63. The Morgan fingerprint density at radius 2 is 1.90 bits per heavy atom. The van der Waals surface area contributed by atoms with Crippen molar-refractivity contribution in [2.75, 3.05) is 38.7 Å². The first-order chi connectivity index (χ1) is 9.48. The fourth-order valence-corrected chi connectivity index (χ4v) is 2.94. The number of nitrogens with zero attached hydrogens (tertiary/aromatic N) is 1. The summed E-state index contributed by atoms with van der Waals surface area (Å²) in [6.07, 6.45) is 2.17. The van der Waals surface area contributed by atoms with Gasteiger partial charge in [0.05, 0.1) is 0 Å². The Labute approximate surface area is 129 Å². The molecule has 0 fully saturated rings. The quantitative estimate of drug-likeness (QED) is 0.753. The molecule has 1 N–H and O–H groups in total. The van der Waals surface area contributed by atoms with Gasteiger partial charge in [0.15, 0.2) is 0 Å². The smallest absolute Gasteiger partial charge is 0.0177 e. The highest BCUT2D eigenvalue weighted by molar-refractivity contribution is 7.98. The first-order valence-corrected chi connectivity index (χ1v) is 8.84. The van der Waals surface area contributed by atoms with Crippen LogP contribution in [0.1, 0.15) is 26.3 Å². The number of rotatable bonds is 9. The van der Waals surface area contributed by atoms with Crippen LogP contribution >= 0.6 is 11.8 Å². The van der Waals surface area contributed by atoms with E-state index in [2.05, 4.69) is 74.6 Å². The average Bonchev–Trinajstić information content (AvgIpc) is 2.44. The van der Waals surface area contributed by atoms with Crippen molar-refractivity contribution in [1.29, 1.82) is 0 Å². The van der Waals surface area contributed by atoms with Crippen LogP contribution in [0.3, 0.4) is 0 Å². The molecular formula is C17H30N2S. The second-order valence-corrected chi connectivity index (χ2v) is 7.18. The Morgan fingerprint density at radius 3 is 2.45 bits per heavy atom. The van der Waals surface area contributed by atoms with Crippen molar-refractivity contribution in [1.82, 2.24) is 10.2 Å². The third kappa shape index (κ3) is 5.86. The molecule has 1 aromatic rings. The van der Waals surface area contributed by atoms with E-state index < -0.39 is 0 Å². The molecule has 1 rings (SSSR count). The van der Waals surface area contributed by atoms with E-state index in [0.717, 1.165) is 19.6 Å². The van der Waals surface area contributed by atoms with Crippen molar-refractivity contribution in [2.24, 2.45) is 0 Å². The molecule has 1 unspecified atom stereocenters. The zero-order chi connectivity index (χ0) is 15.0. The largest absolute Gasteiger partial charge is 0.314 e. The van der Waals surface area contributed by atoms with Gasteiger partial charge in [-0.2, -0.15) is 11.8 Å². The van der Waals surface area contributed by atoms with Crippen molar-refractivity contribution in [3.8, 4) is 0 Å². The van der Waals surface area contributed by atoms with E-state index in [0.29, 0.717) is 6.04 Å². The molecule has 0 saturated heterocycles. The second kappa shape index (κ2) is 8.71. The highest BCUT2D eigenvalue weighted by Gasteiger charge is 2.28. The third-order valence-corrected chi connectivity index (χ3v) is 4.26. The molecule has 1 aromatic carbocycles. The van der Waals surface area contributed by atoms with Gasteiger partial charge in [0.1, 0.15) is 0 Å². The van der Waals surface area contributed by atoms with Gasteiger partial charge in [-0.1, -0.05) is 51.1 Å². The van der Waals surface area contributed by atoms with Crippen LogP contribution in [0.15, 0.2) is 30.3 Å². The van der Waals surface area contributed by atoms with Crippen LogP contribution in [0, 0.1) is 0 Å². The predicted octanol–water partition coefficient (Wildman–Crippen LogP) is 3.24. The van der Waals surface area contributed by atoms with Gasteiger partial charge in [-0.15, -0.1) is 0 Å². The molecule has 0 amide bonds. The summed E-state index contributed by atoms with van der Waals surface area (Å²) in [5.74, 6) is 1.19. The summed E-state index contributed by atoms with van der Waals surface area (Å²) in [7, 11) is 2.23. The fourth-order valence-electron chi connectivity index (χ4n) is 2.44. The number of hydrogen-bond acceptors (Lipinski definition) is 3. The zero-order valence-electron chi connectivity index (χ0n) is 13.6. The Balaban J connectivity index is 2.78. The number of thioether (sulfide) groups is 1. The number of hydrogen-bond donors (Lipinski definition) is 1. The van der Waals surface area contributed by atoms with Crippen LogP contribution < -0.4 is 5.32 Å². The lowest BCUT2D eigenvalue weighted by Crippen LogP contribution is -2.46. The van der Waals surface area contributed by atoms with Crippen molar-refractivity contribution in [3.63, 3.8) is 0 Å². The van der Waals surface area contributed by atoms with Gasteiger partial charge in [-0.3, -0.25) is 0 Å². The maximum Gasteiger partial charge on any atom is 0.0177 e. The van der Waals surface area contributed by atoms with Gasteiger partial charge in [0, 0.05) is 36.8 Å². The molecule has 0 heterocycles. The maximum absolute atomic E-state index is 3.61. The van der Waals surface area contributed by atoms with E-state index in [9.17, 15) is 0 Å². The monoisotopic (exact) mass is 294 g/mol. The summed E-state index contributed by atoms with van der Waals surface area (Å²) in [6, 6.07) is 11.4. The molecule has 0 aliphatic rings. The molecule has 0 spiro atoms. The molecule has 2 nitrogen and oxygen atoms in total. The highest BCUT2D eigenvalue weighted by Crippen LogP contribution is 2.24. The first-order valence-electron chi connectivity index (χ1n) is 7.44. The molecule has 0 aliphatic carbocycles. The lowest BCUT2D eigenvalue weighted by molar-refractivity contribution is 0.257. The minimum absolute atomic E-state index is 0.151. The van der Waals surface area contributed by atoms with Crippen LogP contribution in [-0.2, 0) is 5.41 Å². The van der Waals surface area contributed by atoms with E-state index >= 15 is 0 Å². The number of likely N-dealkylation sites (N-methyl/N-ethyl adjacent to an activating group) is 1. The van der Waals surface area contributed by atoms with E-state index in [1.165, 1.54) is 11.3 Å². The highest BCUT2D eigenvalue weighted by atomic mass is 32.2. The van der Waals surface area contributed by atoms with Gasteiger partial charge in [0.2, 0.25) is 0 Å². The summed E-state index contributed by atoms with van der Waals surface area (Å²) < 4.78 is 0. The van der Waals surface area contributed by atoms with Gasteiger partial charge in [0.25, 0.3) is 0 Å². The molecule has 0 aliphatic heterocycles. The zero-order valence-corrected chi connectivity index (χ0v) is 14.5. The first kappa shape index (κ1) is 17.5. The van der Waals surface area contributed by atoms with Gasteiger partial charge >= 0.3 is 0 Å². The lowest BCUT2D eigenvalue weighted by atomic mass is 9.81. The summed E-state index contributed by atoms with van der Waals surface area (Å²) in [6.45, 7) is 10.0. The van der Waals surface area contributed by atoms with Crippen molar-refractivity contribution in [2.45, 2.75) is 32.2 Å². The summed E-state index contributed by atoms with van der Waals surface area (Å²) in [5, 5.41) is 3.61. The molecule has 1 atom stereocenters. The molecule has 114 valence electrons. The molecule has 0 saturated carbocycles. The minimum Gasteiger partial charge on any atom is -0.314 e. The number of nitrogens with one attached hydrogen (secondary N) is 1. The van der Waals surface area contributed by atoms with Crippen molar-refractivity contribution >= 4 is 11.8 Å². The normalized spacial score (nSPS) is 14.8. The SMILES string of the molecule is CSCCN(C)CC(C)(CNC(C)C)c1ccccc1. The van der Waals surface area contributed by atoms with Crippen LogP contribution in [0.5, 0.6) is 0 Å². The third-order valence-electron chi connectivity index (χ3n) is 3.67. The van der Waals surface area contributed by atoms with E-state index in [4.69, 9.17) is 0 Å². The van der Waals surface area contributed by atoms with Gasteiger partial charge < -0.3 is 10.2 Å². The molecule has 20 heavy (non-hydrogen) atoms. The minimum atomic E-state index is 0.151. The molecule has 0 bridgehead atoms. The van der Waals surface area contributed by atoms with Crippen molar-refractivity contribution in [3.05, 3.63) is 35.9 Å². The summed E-state index contributed by atoms with van der Waals surface area (Å²) in [5.41, 5.74) is 1.57. The fraction of sp³-hybridized carbons (Fsp3) is 0.647. The predicted molar refractivity (Wildman–Crippen MR) is 92.8 cm³/mol. The molecule has 0 aromatic heterocycles. The Bertz CT molecular complexity index is 367. The Hall–Kier alpha value is -0.510. The summed E-state index contributed by atoms with van der Waals surface area (Å²) in [4.78, 5) is 2.45. The van der Waals surface area contributed by atoms with Gasteiger partial charge in [-0.25, -0.2) is 0 Å². The average molecular weight is 295 g/mol. The topological polar surface area (TPSA) is 15.3 Å². The summed E-state index contributed by atoms with van der Waals surface area (Å²) >= 11 is 1.91. The van der Waals surface area contributed by atoms with Crippen molar-refractivity contribution < 1.29 is 0 Å². The molecule has 0 radical (unpaired) electrons. The maximum atomic E-state index is 3.61. The van der Waals surface area contributed by atoms with E-state index in [1.807, 2.05) is 11.8 Å². The van der Waals surface area contributed by atoms with Crippen LogP contribution in [0.4, 0.5) is 0 Å².